The van der Waals surface area contributed by atoms with E-state index in [1.807, 2.05) is 60.4 Å². The topological polar surface area (TPSA) is 67.4 Å². The Kier molecular flexibility index (Phi) is 6.72. The molecule has 2 heterocycles. The van der Waals surface area contributed by atoms with Gasteiger partial charge >= 0.3 is 6.03 Å². The maximum atomic E-state index is 13.5. The maximum Gasteiger partial charge on any atom is 0.324 e. The van der Waals surface area contributed by atoms with Crippen LogP contribution in [0.15, 0.2) is 48.5 Å². The number of piperazine rings is 1. The number of nitrogens with zero attached hydrogens (tertiary/aromatic N) is 4. The smallest absolute Gasteiger partial charge is 0.324 e. The second-order valence-corrected chi connectivity index (χ2v) is 7.78. The molecule has 0 bridgehead atoms. The molecule has 0 spiro atoms. The molecule has 2 amide bonds. The van der Waals surface area contributed by atoms with Crippen LogP contribution in [-0.4, -0.2) is 70.0 Å². The van der Waals surface area contributed by atoms with Gasteiger partial charge in [-0.3, -0.25) is 4.90 Å². The van der Waals surface area contributed by atoms with Crippen LogP contribution in [0.4, 0.5) is 16.2 Å². The molecule has 0 unspecified atom stereocenters. The zero-order valence-electron chi connectivity index (χ0n) is 19.6. The molecule has 1 saturated heterocycles. The SMILES string of the molecule is CCN(C(=O)N1CCN(c2cc(OC)cc(OC)c2)CC1)c1cc2ccccc2nc1OC. The number of anilines is 2. The van der Waals surface area contributed by atoms with E-state index in [1.165, 1.54) is 0 Å². The molecule has 0 aliphatic carbocycles. The lowest BCUT2D eigenvalue weighted by molar-refractivity contribution is 0.201. The molecule has 1 aliphatic heterocycles. The third-order valence-corrected chi connectivity index (χ3v) is 5.95. The fraction of sp³-hybridized carbons (Fsp3) is 0.360. The Labute approximate surface area is 194 Å². The average molecular weight is 451 g/mol. The molecule has 3 aromatic rings. The van der Waals surface area contributed by atoms with Crippen molar-refractivity contribution in [3.63, 3.8) is 0 Å². The van der Waals surface area contributed by atoms with Gasteiger partial charge in [-0.2, -0.15) is 0 Å². The minimum absolute atomic E-state index is 0.0456. The van der Waals surface area contributed by atoms with Crippen molar-refractivity contribution in [1.82, 2.24) is 9.88 Å². The molecule has 1 aliphatic rings. The lowest BCUT2D eigenvalue weighted by Crippen LogP contribution is -2.53. The normalized spacial score (nSPS) is 13.7. The van der Waals surface area contributed by atoms with Gasteiger partial charge in [-0.1, -0.05) is 18.2 Å². The summed E-state index contributed by atoms with van der Waals surface area (Å²) >= 11 is 0. The van der Waals surface area contributed by atoms with Gasteiger partial charge in [0.1, 0.15) is 17.2 Å². The number of hydrogen-bond acceptors (Lipinski definition) is 6. The lowest BCUT2D eigenvalue weighted by Gasteiger charge is -2.38. The van der Waals surface area contributed by atoms with Gasteiger partial charge < -0.3 is 24.0 Å². The van der Waals surface area contributed by atoms with Crippen LogP contribution < -0.4 is 24.0 Å². The Morgan fingerprint density at radius 2 is 1.61 bits per heavy atom. The molecule has 33 heavy (non-hydrogen) atoms. The zero-order valence-corrected chi connectivity index (χ0v) is 19.6. The number of carbonyl (C=O) groups excluding carboxylic acids is 1. The Balaban J connectivity index is 1.52. The largest absolute Gasteiger partial charge is 0.497 e. The Morgan fingerprint density at radius 3 is 2.21 bits per heavy atom. The van der Waals surface area contributed by atoms with Crippen molar-refractivity contribution in [3.05, 3.63) is 48.5 Å². The van der Waals surface area contributed by atoms with Gasteiger partial charge in [-0.15, -0.1) is 0 Å². The number of methoxy groups -OCH3 is 3. The third-order valence-electron chi connectivity index (χ3n) is 5.95. The number of urea groups is 1. The first-order valence-corrected chi connectivity index (χ1v) is 11.1. The van der Waals surface area contributed by atoms with E-state index < -0.39 is 0 Å². The number of pyridine rings is 1. The minimum atomic E-state index is -0.0456. The number of benzene rings is 2. The van der Waals surface area contributed by atoms with E-state index in [1.54, 1.807) is 26.2 Å². The quantitative estimate of drug-likeness (QED) is 0.565. The van der Waals surface area contributed by atoms with Gasteiger partial charge in [0.2, 0.25) is 5.88 Å². The Morgan fingerprint density at radius 1 is 0.939 bits per heavy atom. The van der Waals surface area contributed by atoms with E-state index in [9.17, 15) is 4.79 Å². The summed E-state index contributed by atoms with van der Waals surface area (Å²) in [5.74, 6) is 1.94. The van der Waals surface area contributed by atoms with E-state index in [4.69, 9.17) is 14.2 Å². The molecule has 1 fully saturated rings. The van der Waals surface area contributed by atoms with E-state index >= 15 is 0 Å². The van der Waals surface area contributed by atoms with Crippen LogP contribution >= 0.6 is 0 Å². The number of ether oxygens (including phenoxy) is 3. The second kappa shape index (κ2) is 9.85. The second-order valence-electron chi connectivity index (χ2n) is 7.78. The Bertz CT molecular complexity index is 1110. The van der Waals surface area contributed by atoms with Crippen molar-refractivity contribution in [2.75, 3.05) is 63.9 Å². The molecular formula is C25H30N4O4. The number of amides is 2. The van der Waals surface area contributed by atoms with E-state index in [-0.39, 0.29) is 6.03 Å². The van der Waals surface area contributed by atoms with Crippen molar-refractivity contribution in [2.45, 2.75) is 6.92 Å². The third kappa shape index (κ3) is 4.60. The first kappa shape index (κ1) is 22.5. The van der Waals surface area contributed by atoms with Crippen LogP contribution in [0.5, 0.6) is 17.4 Å². The number of aromatic nitrogens is 1. The molecule has 2 aromatic carbocycles. The van der Waals surface area contributed by atoms with Gasteiger partial charge in [-0.25, -0.2) is 9.78 Å². The predicted molar refractivity (Wildman–Crippen MR) is 130 cm³/mol. The van der Waals surface area contributed by atoms with E-state index in [0.29, 0.717) is 44.3 Å². The van der Waals surface area contributed by atoms with Crippen molar-refractivity contribution < 1.29 is 19.0 Å². The highest BCUT2D eigenvalue weighted by Gasteiger charge is 2.28. The van der Waals surface area contributed by atoms with Crippen molar-refractivity contribution in [1.29, 1.82) is 0 Å². The fourth-order valence-electron chi connectivity index (χ4n) is 4.14. The first-order valence-electron chi connectivity index (χ1n) is 11.1. The van der Waals surface area contributed by atoms with Crippen LogP contribution in [0, 0.1) is 0 Å². The number of para-hydroxylation sites is 1. The van der Waals surface area contributed by atoms with Crippen molar-refractivity contribution >= 4 is 28.3 Å². The number of hydrogen-bond donors (Lipinski definition) is 0. The van der Waals surface area contributed by atoms with Crippen LogP contribution in [0.25, 0.3) is 10.9 Å². The van der Waals surface area contributed by atoms with Gasteiger partial charge in [0, 0.05) is 62.0 Å². The van der Waals surface area contributed by atoms with Gasteiger partial charge in [0.05, 0.1) is 26.8 Å². The fourth-order valence-corrected chi connectivity index (χ4v) is 4.14. The molecule has 0 atom stereocenters. The van der Waals surface area contributed by atoms with Crippen molar-refractivity contribution in [2.24, 2.45) is 0 Å². The highest BCUT2D eigenvalue weighted by Crippen LogP contribution is 2.32. The summed E-state index contributed by atoms with van der Waals surface area (Å²) in [5, 5.41) is 0.969. The monoisotopic (exact) mass is 450 g/mol. The molecule has 8 nitrogen and oxygen atoms in total. The average Bonchev–Trinajstić information content (AvgIpc) is 2.88. The molecular weight excluding hydrogens is 420 g/mol. The summed E-state index contributed by atoms with van der Waals surface area (Å²) in [5.41, 5.74) is 2.54. The van der Waals surface area contributed by atoms with E-state index in [2.05, 4.69) is 9.88 Å². The van der Waals surface area contributed by atoms with Gasteiger partial charge in [0.15, 0.2) is 0 Å². The summed E-state index contributed by atoms with van der Waals surface area (Å²) in [6, 6.07) is 15.6. The number of rotatable bonds is 6. The maximum absolute atomic E-state index is 13.5. The van der Waals surface area contributed by atoms with Gasteiger partial charge in [-0.05, 0) is 19.1 Å². The molecule has 1 aromatic heterocycles. The number of carbonyl (C=O) groups is 1. The molecule has 4 rings (SSSR count). The summed E-state index contributed by atoms with van der Waals surface area (Å²) in [7, 11) is 4.87. The first-order chi connectivity index (χ1) is 16.1. The van der Waals surface area contributed by atoms with Crippen LogP contribution in [0.2, 0.25) is 0 Å². The van der Waals surface area contributed by atoms with Crippen LogP contribution in [-0.2, 0) is 0 Å². The van der Waals surface area contributed by atoms with Crippen molar-refractivity contribution in [3.8, 4) is 17.4 Å². The van der Waals surface area contributed by atoms with Crippen LogP contribution in [0.1, 0.15) is 6.92 Å². The molecule has 0 saturated carbocycles. The Hall–Kier alpha value is -3.68. The van der Waals surface area contributed by atoms with E-state index in [0.717, 1.165) is 28.1 Å². The molecule has 8 heteroatoms. The van der Waals surface area contributed by atoms with Gasteiger partial charge in [0.25, 0.3) is 0 Å². The standard InChI is InChI=1S/C25H30N4O4/c1-5-29(23-14-18-8-6-7-9-22(18)26-24(23)33-4)25(30)28-12-10-27(11-13-28)19-15-20(31-2)17-21(16-19)32-3/h6-9,14-17H,5,10-13H2,1-4H3. The van der Waals surface area contributed by atoms with Crippen LogP contribution in [0.3, 0.4) is 0 Å². The summed E-state index contributed by atoms with van der Waals surface area (Å²) < 4.78 is 16.3. The molecule has 174 valence electrons. The summed E-state index contributed by atoms with van der Waals surface area (Å²) in [6.45, 7) is 5.13. The highest BCUT2D eigenvalue weighted by molar-refractivity contribution is 5.96. The molecule has 0 radical (unpaired) electrons. The lowest BCUT2D eigenvalue weighted by atomic mass is 10.2. The summed E-state index contributed by atoms with van der Waals surface area (Å²) in [6.07, 6.45) is 0. The number of fused-ring (bicyclic) bond motifs is 1. The minimum Gasteiger partial charge on any atom is -0.497 e. The zero-order chi connectivity index (χ0) is 23.4. The summed E-state index contributed by atoms with van der Waals surface area (Å²) in [4.78, 5) is 24.0. The predicted octanol–water partition coefficient (Wildman–Crippen LogP) is 4.03. The highest BCUT2D eigenvalue weighted by atomic mass is 16.5. The molecule has 0 N–H and O–H groups in total.